The van der Waals surface area contributed by atoms with Crippen LogP contribution < -0.4 is 0 Å². The molecule has 0 radical (unpaired) electrons. The minimum absolute atomic E-state index is 0.464. The van der Waals surface area contributed by atoms with Crippen LogP contribution in [-0.2, 0) is 11.2 Å². The molecule has 30 heavy (non-hydrogen) atoms. The third-order valence-corrected chi connectivity index (χ3v) is 6.56. The van der Waals surface area contributed by atoms with E-state index in [0.29, 0.717) is 17.0 Å². The van der Waals surface area contributed by atoms with Crippen molar-refractivity contribution < 1.29 is 29.6 Å². The van der Waals surface area contributed by atoms with E-state index in [1.165, 1.54) is 18.3 Å². The summed E-state index contributed by atoms with van der Waals surface area (Å²) in [5.74, 6) is 0.744. The number of aliphatic hydroxyl groups excluding tert-OH is 4. The van der Waals surface area contributed by atoms with Gasteiger partial charge in [0.1, 0.15) is 36.3 Å². The second-order valence-corrected chi connectivity index (χ2v) is 8.88. The zero-order chi connectivity index (χ0) is 21.4. The Morgan fingerprint density at radius 2 is 1.97 bits per heavy atom. The lowest BCUT2D eigenvalue weighted by Crippen LogP contribution is -2.57. The molecule has 2 aromatic heterocycles. The number of aliphatic hydroxyl groups is 4. The fourth-order valence-corrected chi connectivity index (χ4v) is 4.67. The summed E-state index contributed by atoms with van der Waals surface area (Å²) in [7, 11) is 0. The maximum atomic E-state index is 10.4. The number of hydrogen-bond donors (Lipinski definition) is 4. The third kappa shape index (κ3) is 4.17. The normalized spacial score (nSPS) is 27.9. The molecular weight excluding hydrogens is 430 g/mol. The molecule has 4 N–H and O–H groups in total. The van der Waals surface area contributed by atoms with Crippen LogP contribution >= 0.6 is 22.9 Å². The highest BCUT2D eigenvalue weighted by Crippen LogP contribution is 2.36. The Labute approximate surface area is 182 Å². The molecule has 160 valence electrons. The van der Waals surface area contributed by atoms with Crippen LogP contribution in [0.5, 0.6) is 0 Å². The largest absolute Gasteiger partial charge is 0.463 e. The SMILES string of the molecule is C[C@@H](O)[C@H]1O[C@@H](c2ccc(Cl)c(Cc3ncc(-c4ccco4)s3)c2)[C@H](O)[C@@H](O)[C@@H]1O. The zero-order valence-corrected chi connectivity index (χ0v) is 17.6. The van der Waals surface area contributed by atoms with E-state index >= 15 is 0 Å². The number of hydrogen-bond acceptors (Lipinski definition) is 8. The summed E-state index contributed by atoms with van der Waals surface area (Å²) in [6.07, 6.45) is -3.34. The average molecular weight is 452 g/mol. The van der Waals surface area contributed by atoms with Crippen molar-refractivity contribution in [3.05, 3.63) is 63.9 Å². The van der Waals surface area contributed by atoms with Gasteiger partial charge in [0.05, 0.1) is 22.3 Å². The smallest absolute Gasteiger partial charge is 0.145 e. The summed E-state index contributed by atoms with van der Waals surface area (Å²) in [5, 5.41) is 42.0. The standard InChI is InChI=1S/C21H22ClNO6S/c1-10(24)20-18(26)17(25)19(27)21(29-20)11-4-5-13(22)12(7-11)8-16-23-9-15(30-16)14-3-2-6-28-14/h2-7,9-10,17-21,24-27H,8H2,1H3/t10-,17+,18+,19-,20-,21+/m1/s1. The summed E-state index contributed by atoms with van der Waals surface area (Å²) in [6.45, 7) is 1.46. The first kappa shape index (κ1) is 21.5. The van der Waals surface area contributed by atoms with Gasteiger partial charge in [0.25, 0.3) is 0 Å². The highest BCUT2D eigenvalue weighted by Gasteiger charge is 2.45. The molecule has 3 heterocycles. The number of nitrogens with zero attached hydrogens (tertiary/aromatic N) is 1. The Kier molecular flexibility index (Phi) is 6.26. The summed E-state index contributed by atoms with van der Waals surface area (Å²) < 4.78 is 11.1. The van der Waals surface area contributed by atoms with Gasteiger partial charge >= 0.3 is 0 Å². The second-order valence-electron chi connectivity index (χ2n) is 7.36. The van der Waals surface area contributed by atoms with Crippen molar-refractivity contribution in [2.45, 2.75) is 50.0 Å². The van der Waals surface area contributed by atoms with E-state index in [4.69, 9.17) is 20.8 Å². The minimum atomic E-state index is -1.45. The molecule has 9 heteroatoms. The van der Waals surface area contributed by atoms with Crippen LogP contribution in [0.4, 0.5) is 0 Å². The molecule has 0 bridgehead atoms. The van der Waals surface area contributed by atoms with Crippen molar-refractivity contribution >= 4 is 22.9 Å². The topological polar surface area (TPSA) is 116 Å². The van der Waals surface area contributed by atoms with Crippen molar-refractivity contribution in [1.29, 1.82) is 0 Å². The fraction of sp³-hybridized carbons (Fsp3) is 0.381. The van der Waals surface area contributed by atoms with E-state index in [9.17, 15) is 20.4 Å². The molecule has 0 aliphatic carbocycles. The van der Waals surface area contributed by atoms with Gasteiger partial charge in [0.15, 0.2) is 0 Å². The lowest BCUT2D eigenvalue weighted by atomic mass is 9.89. The first-order valence-corrected chi connectivity index (χ1v) is 10.7. The molecule has 1 aromatic carbocycles. The number of aromatic nitrogens is 1. The summed E-state index contributed by atoms with van der Waals surface area (Å²) >= 11 is 7.88. The van der Waals surface area contributed by atoms with Gasteiger partial charge in [-0.3, -0.25) is 0 Å². The van der Waals surface area contributed by atoms with E-state index in [-0.39, 0.29) is 0 Å². The summed E-state index contributed by atoms with van der Waals surface area (Å²) in [4.78, 5) is 5.34. The van der Waals surface area contributed by atoms with Gasteiger partial charge < -0.3 is 29.6 Å². The van der Waals surface area contributed by atoms with Gasteiger partial charge in [-0.25, -0.2) is 4.98 Å². The van der Waals surface area contributed by atoms with Gasteiger partial charge in [0.2, 0.25) is 0 Å². The Morgan fingerprint density at radius 3 is 2.67 bits per heavy atom. The van der Waals surface area contributed by atoms with Gasteiger partial charge in [-0.2, -0.15) is 0 Å². The molecule has 0 amide bonds. The van der Waals surface area contributed by atoms with Crippen molar-refractivity contribution in [2.24, 2.45) is 0 Å². The van der Waals surface area contributed by atoms with Crippen LogP contribution in [0.25, 0.3) is 10.6 Å². The van der Waals surface area contributed by atoms with Gasteiger partial charge in [-0.1, -0.05) is 23.7 Å². The quantitative estimate of drug-likeness (QED) is 0.471. The van der Waals surface area contributed by atoms with Crippen LogP contribution in [0.3, 0.4) is 0 Å². The van der Waals surface area contributed by atoms with Crippen molar-refractivity contribution in [3.8, 4) is 10.6 Å². The molecule has 6 atom stereocenters. The Hall–Kier alpha value is -1.78. The molecule has 0 spiro atoms. The molecule has 1 fully saturated rings. The molecule has 7 nitrogen and oxygen atoms in total. The van der Waals surface area contributed by atoms with E-state index in [0.717, 1.165) is 21.2 Å². The number of rotatable bonds is 5. The number of halogens is 1. The monoisotopic (exact) mass is 451 g/mol. The minimum Gasteiger partial charge on any atom is -0.463 e. The zero-order valence-electron chi connectivity index (χ0n) is 16.1. The molecule has 3 aromatic rings. The number of benzene rings is 1. The van der Waals surface area contributed by atoms with Gasteiger partial charge in [-0.05, 0) is 36.2 Å². The Balaban J connectivity index is 1.58. The van der Waals surface area contributed by atoms with Crippen molar-refractivity contribution in [2.75, 3.05) is 0 Å². The van der Waals surface area contributed by atoms with E-state index in [2.05, 4.69) is 4.98 Å². The summed E-state index contributed by atoms with van der Waals surface area (Å²) in [5.41, 5.74) is 1.36. The lowest BCUT2D eigenvalue weighted by molar-refractivity contribution is -0.243. The molecule has 1 saturated heterocycles. The highest BCUT2D eigenvalue weighted by atomic mass is 35.5. The number of furan rings is 1. The number of thiazole rings is 1. The molecular formula is C21H22ClNO6S. The Morgan fingerprint density at radius 1 is 1.17 bits per heavy atom. The molecule has 4 rings (SSSR count). The molecule has 0 saturated carbocycles. The maximum absolute atomic E-state index is 10.4. The first-order chi connectivity index (χ1) is 14.3. The molecule has 1 aliphatic heterocycles. The predicted octanol–water partition coefficient (Wildman–Crippen LogP) is 2.55. The maximum Gasteiger partial charge on any atom is 0.145 e. The van der Waals surface area contributed by atoms with Crippen molar-refractivity contribution in [1.82, 2.24) is 4.98 Å². The van der Waals surface area contributed by atoms with Crippen LogP contribution in [0.1, 0.15) is 29.2 Å². The van der Waals surface area contributed by atoms with Crippen LogP contribution in [0.15, 0.2) is 47.2 Å². The Bertz CT molecular complexity index is 991. The molecule has 1 aliphatic rings. The molecule has 0 unspecified atom stereocenters. The van der Waals surface area contributed by atoms with E-state index in [1.54, 1.807) is 30.7 Å². The van der Waals surface area contributed by atoms with Crippen LogP contribution in [-0.4, -0.2) is 55.9 Å². The average Bonchev–Trinajstić information content (AvgIpc) is 3.40. The highest BCUT2D eigenvalue weighted by molar-refractivity contribution is 7.15. The first-order valence-electron chi connectivity index (χ1n) is 9.49. The summed E-state index contributed by atoms with van der Waals surface area (Å²) in [6, 6.07) is 8.85. The van der Waals surface area contributed by atoms with Crippen LogP contribution in [0.2, 0.25) is 5.02 Å². The second kappa shape index (κ2) is 8.76. The van der Waals surface area contributed by atoms with Crippen LogP contribution in [0, 0.1) is 0 Å². The van der Waals surface area contributed by atoms with Gasteiger partial charge in [-0.15, -0.1) is 11.3 Å². The van der Waals surface area contributed by atoms with Crippen molar-refractivity contribution in [3.63, 3.8) is 0 Å². The predicted molar refractivity (Wildman–Crippen MR) is 111 cm³/mol. The van der Waals surface area contributed by atoms with Gasteiger partial charge in [0, 0.05) is 17.6 Å². The van der Waals surface area contributed by atoms with E-state index < -0.39 is 36.6 Å². The lowest BCUT2D eigenvalue weighted by Gasteiger charge is -2.42. The van der Waals surface area contributed by atoms with E-state index in [1.807, 2.05) is 12.1 Å². The fourth-order valence-electron chi connectivity index (χ4n) is 3.58. The third-order valence-electron chi connectivity index (χ3n) is 5.18. The number of ether oxygens (including phenoxy) is 1.